The van der Waals surface area contributed by atoms with Gasteiger partial charge in [0.05, 0.1) is 12.1 Å². The molecule has 2 amide bonds. The number of carbonyl (C=O) groups is 1. The van der Waals surface area contributed by atoms with Gasteiger partial charge in [0, 0.05) is 10.8 Å². The smallest absolute Gasteiger partial charge is 0.356 e. The molecule has 0 aliphatic heterocycles. The van der Waals surface area contributed by atoms with Crippen molar-refractivity contribution in [1.82, 2.24) is 4.57 Å². The van der Waals surface area contributed by atoms with Crippen molar-refractivity contribution in [3.8, 4) is 11.6 Å². The first kappa shape index (κ1) is 17.5. The normalized spacial score (nSPS) is 11.4. The molecule has 0 saturated heterocycles. The molecule has 1 heterocycles. The molecule has 3 N–H and O–H groups in total. The molecule has 0 spiro atoms. The van der Waals surface area contributed by atoms with Gasteiger partial charge in [0.2, 0.25) is 5.88 Å². The topological polar surface area (TPSA) is 102 Å². The first-order valence-corrected chi connectivity index (χ1v) is 8.77. The van der Waals surface area contributed by atoms with Gasteiger partial charge in [-0.2, -0.15) is 0 Å². The van der Waals surface area contributed by atoms with E-state index in [1.165, 1.54) is 0 Å². The zero-order valence-corrected chi connectivity index (χ0v) is 14.9. The van der Waals surface area contributed by atoms with Gasteiger partial charge in [-0.05, 0) is 17.5 Å². The average molecular weight is 374 g/mol. The number of nitrogens with two attached hydrogens (primary N) is 1. The molecule has 0 atom stereocenters. The third kappa shape index (κ3) is 3.25. The summed E-state index contributed by atoms with van der Waals surface area (Å²) in [5.41, 5.74) is 6.00. The minimum atomic E-state index is -0.921. The zero-order chi connectivity index (χ0) is 19.5. The van der Waals surface area contributed by atoms with E-state index in [0.717, 1.165) is 22.0 Å². The van der Waals surface area contributed by atoms with Crippen molar-refractivity contribution in [2.75, 3.05) is 6.61 Å². The summed E-state index contributed by atoms with van der Waals surface area (Å²) in [6.45, 7) is 0.730. The Morgan fingerprint density at radius 3 is 2.54 bits per heavy atom. The van der Waals surface area contributed by atoms with Gasteiger partial charge in [-0.3, -0.25) is 0 Å². The molecule has 7 heteroatoms. The maximum Gasteiger partial charge on any atom is 0.356 e. The van der Waals surface area contributed by atoms with Crippen LogP contribution in [0, 0.1) is 0 Å². The van der Waals surface area contributed by atoms with E-state index in [-0.39, 0.29) is 11.6 Å². The zero-order valence-electron chi connectivity index (χ0n) is 14.9. The van der Waals surface area contributed by atoms with Crippen molar-refractivity contribution in [2.24, 2.45) is 16.0 Å². The Morgan fingerprint density at radius 2 is 1.71 bits per heavy atom. The Bertz CT molecular complexity index is 1190. The van der Waals surface area contributed by atoms with Gasteiger partial charge in [0.15, 0.2) is 5.69 Å². The van der Waals surface area contributed by atoms with E-state index in [4.69, 9.17) is 10.5 Å². The predicted molar refractivity (Wildman–Crippen MR) is 107 cm³/mol. The van der Waals surface area contributed by atoms with Crippen molar-refractivity contribution in [1.29, 1.82) is 0 Å². The third-order valence-electron chi connectivity index (χ3n) is 4.49. The number of urea groups is 1. The van der Waals surface area contributed by atoms with Crippen molar-refractivity contribution in [3.63, 3.8) is 0 Å². The predicted octanol–water partition coefficient (Wildman–Crippen LogP) is 4.74. The summed E-state index contributed by atoms with van der Waals surface area (Å²) in [4.78, 5) is 10.9. The number of aromatic nitrogens is 1. The number of ether oxygens (including phenoxy) is 1. The number of azo groups is 1. The van der Waals surface area contributed by atoms with Crippen LogP contribution in [0.4, 0.5) is 10.5 Å². The number of nitrogens with zero attached hydrogens (tertiary/aromatic N) is 3. The number of hydrogen-bond acceptors (Lipinski definition) is 4. The largest absolute Gasteiger partial charge is 0.493 e. The maximum absolute atomic E-state index is 10.9. The second kappa shape index (κ2) is 7.40. The summed E-state index contributed by atoms with van der Waals surface area (Å²) in [6.07, 6.45) is 0. The van der Waals surface area contributed by atoms with Gasteiger partial charge in [-0.25, -0.2) is 4.79 Å². The maximum atomic E-state index is 10.9. The second-order valence-corrected chi connectivity index (χ2v) is 6.20. The number of rotatable bonds is 5. The highest BCUT2D eigenvalue weighted by Crippen LogP contribution is 2.38. The molecule has 0 fully saturated rings. The van der Waals surface area contributed by atoms with Crippen LogP contribution < -0.4 is 10.5 Å². The number of amides is 2. The number of fused-ring (bicyclic) bond motifs is 2. The Hall–Kier alpha value is -3.87. The van der Waals surface area contributed by atoms with Crippen LogP contribution in [0.3, 0.4) is 0 Å². The van der Waals surface area contributed by atoms with Gasteiger partial charge in [-0.1, -0.05) is 59.7 Å². The molecule has 0 bridgehead atoms. The number of hydrogen-bond donors (Lipinski definition) is 2. The van der Waals surface area contributed by atoms with Crippen LogP contribution in [0.2, 0.25) is 0 Å². The summed E-state index contributed by atoms with van der Waals surface area (Å²) in [5, 5.41) is 20.5. The van der Waals surface area contributed by atoms with E-state index in [1.807, 2.05) is 60.7 Å². The first-order valence-electron chi connectivity index (χ1n) is 8.77. The lowest BCUT2D eigenvalue weighted by molar-refractivity contribution is 0.255. The number of carbonyl (C=O) groups excluding carboxylic acids is 1. The molecule has 3 aromatic carbocycles. The highest BCUT2D eigenvalue weighted by Gasteiger charge is 2.16. The van der Waals surface area contributed by atoms with E-state index < -0.39 is 6.03 Å². The lowest BCUT2D eigenvalue weighted by atomic mass is 10.1. The van der Waals surface area contributed by atoms with Crippen LogP contribution in [-0.2, 0) is 6.54 Å². The summed E-state index contributed by atoms with van der Waals surface area (Å²) in [5.74, 6) is 0.690. The Balaban J connectivity index is 1.61. The molecule has 4 rings (SSSR count). The van der Waals surface area contributed by atoms with Crippen molar-refractivity contribution in [3.05, 3.63) is 66.7 Å². The van der Waals surface area contributed by atoms with Gasteiger partial charge < -0.3 is 20.1 Å². The fraction of sp³-hybridized carbons (Fsp3) is 0.0952. The standard InChI is InChI=1S/C21H18N4O3/c22-21(27)24-23-19-16-9-3-4-10-17(16)25(20(19)26)12-13-28-18-11-5-7-14-6-1-2-8-15(14)18/h1-11,26H,12-13H2,(H2,22,27). The minimum absolute atomic E-state index is 0.0901. The van der Waals surface area contributed by atoms with Crippen molar-refractivity contribution in [2.45, 2.75) is 6.54 Å². The molecule has 0 aliphatic rings. The molecule has 7 nitrogen and oxygen atoms in total. The van der Waals surface area contributed by atoms with E-state index >= 15 is 0 Å². The minimum Gasteiger partial charge on any atom is -0.493 e. The van der Waals surface area contributed by atoms with Gasteiger partial charge >= 0.3 is 6.03 Å². The van der Waals surface area contributed by atoms with Crippen LogP contribution >= 0.6 is 0 Å². The molecule has 4 aromatic rings. The van der Waals surface area contributed by atoms with Gasteiger partial charge in [-0.15, -0.1) is 5.11 Å². The number of aromatic hydroxyl groups is 1. The summed E-state index contributed by atoms with van der Waals surface area (Å²) < 4.78 is 7.65. The lowest BCUT2D eigenvalue weighted by Gasteiger charge is -2.11. The summed E-state index contributed by atoms with van der Waals surface area (Å²) >= 11 is 0. The molecule has 28 heavy (non-hydrogen) atoms. The van der Waals surface area contributed by atoms with Crippen LogP contribution in [0.25, 0.3) is 21.7 Å². The van der Waals surface area contributed by atoms with Gasteiger partial charge in [0.1, 0.15) is 12.4 Å². The highest BCUT2D eigenvalue weighted by molar-refractivity contribution is 5.95. The van der Waals surface area contributed by atoms with Crippen molar-refractivity contribution >= 4 is 33.4 Å². The summed E-state index contributed by atoms with van der Waals surface area (Å²) in [6, 6.07) is 20.3. The molecule has 0 radical (unpaired) electrons. The second-order valence-electron chi connectivity index (χ2n) is 6.20. The van der Waals surface area contributed by atoms with E-state index in [0.29, 0.717) is 18.5 Å². The Morgan fingerprint density at radius 1 is 1.00 bits per heavy atom. The van der Waals surface area contributed by atoms with Crippen LogP contribution in [0.5, 0.6) is 11.6 Å². The Labute approximate surface area is 160 Å². The molecule has 0 aliphatic carbocycles. The van der Waals surface area contributed by atoms with E-state index in [1.54, 1.807) is 10.6 Å². The first-order chi connectivity index (χ1) is 13.6. The SMILES string of the molecule is NC(=O)N=Nc1c(O)n(CCOc2cccc3ccccc23)c2ccccc12. The average Bonchev–Trinajstić information content (AvgIpc) is 2.98. The quantitative estimate of drug-likeness (QED) is 0.493. The third-order valence-corrected chi connectivity index (χ3v) is 4.49. The van der Waals surface area contributed by atoms with E-state index in [9.17, 15) is 9.90 Å². The highest BCUT2D eigenvalue weighted by atomic mass is 16.5. The van der Waals surface area contributed by atoms with Crippen LogP contribution in [-0.4, -0.2) is 22.3 Å². The number of benzene rings is 3. The lowest BCUT2D eigenvalue weighted by Crippen LogP contribution is -2.07. The summed E-state index contributed by atoms with van der Waals surface area (Å²) in [7, 11) is 0. The van der Waals surface area contributed by atoms with Crippen LogP contribution in [0.15, 0.2) is 77.0 Å². The molecular weight excluding hydrogens is 356 g/mol. The van der Waals surface area contributed by atoms with Crippen LogP contribution in [0.1, 0.15) is 0 Å². The van der Waals surface area contributed by atoms with Crippen molar-refractivity contribution < 1.29 is 14.6 Å². The van der Waals surface area contributed by atoms with Gasteiger partial charge in [0.25, 0.3) is 0 Å². The molecule has 0 unspecified atom stereocenters. The monoisotopic (exact) mass is 374 g/mol. The molecule has 0 saturated carbocycles. The molecule has 1 aromatic heterocycles. The fourth-order valence-electron chi connectivity index (χ4n) is 3.26. The molecular formula is C21H18N4O3. The Kier molecular flexibility index (Phi) is 4.63. The van der Waals surface area contributed by atoms with E-state index in [2.05, 4.69) is 10.2 Å². The molecule has 140 valence electrons. The fourth-order valence-corrected chi connectivity index (χ4v) is 3.26. The number of primary amides is 1. The number of para-hydroxylation sites is 1.